The lowest BCUT2D eigenvalue weighted by Gasteiger charge is -2.30. The molecule has 0 aromatic rings. The van der Waals surface area contributed by atoms with Gasteiger partial charge in [0.25, 0.3) is 0 Å². The molecule has 6 heteroatoms. The molecule has 0 N–H and O–H groups in total. The first-order valence-electron chi connectivity index (χ1n) is 7.31. The Balaban J connectivity index is 4.38. The first-order chi connectivity index (χ1) is 8.95. The van der Waals surface area contributed by atoms with Crippen LogP contribution in [-0.2, 0) is 13.3 Å². The monoisotopic (exact) mass is 326 g/mol. The van der Waals surface area contributed by atoms with E-state index in [2.05, 4.69) is 32.2 Å². The second-order valence-electron chi connectivity index (χ2n) is 4.57. The van der Waals surface area contributed by atoms with E-state index in [1.807, 2.05) is 20.8 Å². The minimum Gasteiger partial charge on any atom is -0.374 e. The standard InChI is InChI=1S/C13H30O3S2Si/c1-5-10-13(17,18)11-9-12-19(14-6-2,15-7-3)16-8-4/h17-18H,5-12H2,1-4H3. The van der Waals surface area contributed by atoms with Gasteiger partial charge in [-0.15, -0.1) is 0 Å². The van der Waals surface area contributed by atoms with Crippen molar-refractivity contribution in [1.29, 1.82) is 0 Å². The Labute approximate surface area is 131 Å². The van der Waals surface area contributed by atoms with Crippen LogP contribution in [0.5, 0.6) is 0 Å². The van der Waals surface area contributed by atoms with Gasteiger partial charge in [0.2, 0.25) is 0 Å². The highest BCUT2D eigenvalue weighted by Crippen LogP contribution is 2.33. The van der Waals surface area contributed by atoms with Crippen LogP contribution in [0.15, 0.2) is 0 Å². The molecule has 0 radical (unpaired) electrons. The Bertz CT molecular complexity index is 211. The molecule has 0 heterocycles. The SMILES string of the molecule is CCCC(S)(S)CCC[Si](OCC)(OCC)OCC. The molecule has 3 nitrogen and oxygen atoms in total. The van der Waals surface area contributed by atoms with E-state index >= 15 is 0 Å². The predicted octanol–water partition coefficient (Wildman–Crippen LogP) is 4.17. The summed E-state index contributed by atoms with van der Waals surface area (Å²) >= 11 is 9.22. The van der Waals surface area contributed by atoms with Crippen molar-refractivity contribution in [3.05, 3.63) is 0 Å². The lowest BCUT2D eigenvalue weighted by molar-refractivity contribution is 0.0706. The summed E-state index contributed by atoms with van der Waals surface area (Å²) < 4.78 is 17.3. The van der Waals surface area contributed by atoms with Gasteiger partial charge in [0, 0.05) is 25.9 Å². The second kappa shape index (κ2) is 10.5. The number of rotatable bonds is 12. The van der Waals surface area contributed by atoms with Crippen LogP contribution < -0.4 is 0 Å². The van der Waals surface area contributed by atoms with Gasteiger partial charge in [-0.25, -0.2) is 0 Å². The molecule has 0 amide bonds. The molecule has 0 unspecified atom stereocenters. The van der Waals surface area contributed by atoms with Crippen LogP contribution in [0.25, 0.3) is 0 Å². The highest BCUT2D eigenvalue weighted by atomic mass is 32.2. The highest BCUT2D eigenvalue weighted by molar-refractivity contribution is 8.00. The fourth-order valence-corrected chi connectivity index (χ4v) is 5.49. The molecular weight excluding hydrogens is 296 g/mol. The molecular formula is C13H30O3S2Si. The van der Waals surface area contributed by atoms with Crippen LogP contribution in [0.3, 0.4) is 0 Å². The smallest absolute Gasteiger partial charge is 0.374 e. The Morgan fingerprint density at radius 2 is 1.32 bits per heavy atom. The second-order valence-corrected chi connectivity index (χ2v) is 9.37. The molecule has 0 bridgehead atoms. The van der Waals surface area contributed by atoms with Gasteiger partial charge in [-0.05, 0) is 40.0 Å². The molecule has 19 heavy (non-hydrogen) atoms. The Kier molecular flexibility index (Phi) is 11.0. The summed E-state index contributed by atoms with van der Waals surface area (Å²) in [6.07, 6.45) is 4.01. The maximum Gasteiger partial charge on any atom is 0.500 e. The van der Waals surface area contributed by atoms with E-state index in [0.29, 0.717) is 19.8 Å². The van der Waals surface area contributed by atoms with Crippen LogP contribution in [-0.4, -0.2) is 32.7 Å². The van der Waals surface area contributed by atoms with Crippen LogP contribution in [0.2, 0.25) is 6.04 Å². The highest BCUT2D eigenvalue weighted by Gasteiger charge is 2.40. The van der Waals surface area contributed by atoms with Gasteiger partial charge in [0.1, 0.15) is 0 Å². The molecule has 0 fully saturated rings. The van der Waals surface area contributed by atoms with E-state index in [1.54, 1.807) is 0 Å². The van der Waals surface area contributed by atoms with E-state index in [4.69, 9.17) is 13.3 Å². The van der Waals surface area contributed by atoms with Crippen molar-refractivity contribution in [3.63, 3.8) is 0 Å². The molecule has 0 rings (SSSR count). The number of thiol groups is 2. The Hall–Kier alpha value is 0.797. The summed E-state index contributed by atoms with van der Waals surface area (Å²) in [5, 5.41) is 0. The molecule has 0 aromatic carbocycles. The number of hydrogen-bond acceptors (Lipinski definition) is 5. The molecule has 0 saturated heterocycles. The molecule has 0 atom stereocenters. The summed E-state index contributed by atoms with van der Waals surface area (Å²) in [4.78, 5) is 0. The zero-order chi connectivity index (χ0) is 14.8. The summed E-state index contributed by atoms with van der Waals surface area (Å²) in [6, 6.07) is 0.842. The third-order valence-electron chi connectivity index (χ3n) is 2.80. The van der Waals surface area contributed by atoms with Gasteiger partial charge < -0.3 is 13.3 Å². The Morgan fingerprint density at radius 3 is 1.68 bits per heavy atom. The summed E-state index contributed by atoms with van der Waals surface area (Å²) in [7, 11) is -2.49. The third kappa shape index (κ3) is 8.62. The van der Waals surface area contributed by atoms with Gasteiger partial charge in [0.05, 0.1) is 4.08 Å². The van der Waals surface area contributed by atoms with Gasteiger partial charge in [-0.3, -0.25) is 0 Å². The molecule has 0 aliphatic rings. The largest absolute Gasteiger partial charge is 0.500 e. The average molecular weight is 327 g/mol. The maximum absolute atomic E-state index is 5.83. The molecule has 0 spiro atoms. The molecule has 116 valence electrons. The fraction of sp³-hybridized carbons (Fsp3) is 1.00. The fourth-order valence-electron chi connectivity index (χ4n) is 2.11. The van der Waals surface area contributed by atoms with Crippen LogP contribution in [0.1, 0.15) is 53.4 Å². The van der Waals surface area contributed by atoms with Crippen LogP contribution in [0.4, 0.5) is 0 Å². The minimum atomic E-state index is -2.49. The zero-order valence-corrected chi connectivity index (χ0v) is 15.6. The van der Waals surface area contributed by atoms with Gasteiger partial charge >= 0.3 is 8.80 Å². The van der Waals surface area contributed by atoms with Gasteiger partial charge in [-0.1, -0.05) is 13.3 Å². The average Bonchev–Trinajstić information content (AvgIpc) is 2.29. The first-order valence-corrected chi connectivity index (χ1v) is 10.1. The topological polar surface area (TPSA) is 27.7 Å². The van der Waals surface area contributed by atoms with Crippen molar-refractivity contribution in [2.45, 2.75) is 63.5 Å². The van der Waals surface area contributed by atoms with Crippen molar-refractivity contribution in [3.8, 4) is 0 Å². The van der Waals surface area contributed by atoms with E-state index in [9.17, 15) is 0 Å². The van der Waals surface area contributed by atoms with E-state index in [1.165, 1.54) is 0 Å². The third-order valence-corrected chi connectivity index (χ3v) is 6.85. The van der Waals surface area contributed by atoms with Crippen molar-refractivity contribution < 1.29 is 13.3 Å². The van der Waals surface area contributed by atoms with Crippen molar-refractivity contribution >= 4 is 34.1 Å². The van der Waals surface area contributed by atoms with E-state index in [0.717, 1.165) is 31.7 Å². The van der Waals surface area contributed by atoms with E-state index in [-0.39, 0.29) is 4.08 Å². The van der Waals surface area contributed by atoms with Crippen LogP contribution in [0, 0.1) is 0 Å². The zero-order valence-electron chi connectivity index (χ0n) is 12.8. The van der Waals surface area contributed by atoms with Crippen molar-refractivity contribution in [2.75, 3.05) is 19.8 Å². The molecule has 0 aromatic heterocycles. The predicted molar refractivity (Wildman–Crippen MR) is 90.3 cm³/mol. The van der Waals surface area contributed by atoms with Crippen LogP contribution >= 0.6 is 25.3 Å². The first kappa shape index (κ1) is 19.8. The van der Waals surface area contributed by atoms with Gasteiger partial charge in [-0.2, -0.15) is 25.3 Å². The van der Waals surface area contributed by atoms with E-state index < -0.39 is 8.80 Å². The lowest BCUT2D eigenvalue weighted by atomic mass is 10.1. The molecule has 0 saturated carbocycles. The normalized spacial score (nSPS) is 12.9. The van der Waals surface area contributed by atoms with Gasteiger partial charge in [0.15, 0.2) is 0 Å². The summed E-state index contributed by atoms with van der Waals surface area (Å²) in [5.41, 5.74) is 0. The maximum atomic E-state index is 5.83. The van der Waals surface area contributed by atoms with Crippen molar-refractivity contribution in [1.82, 2.24) is 0 Å². The molecule has 0 aliphatic carbocycles. The lowest BCUT2D eigenvalue weighted by Crippen LogP contribution is -2.46. The Morgan fingerprint density at radius 1 is 0.842 bits per heavy atom. The minimum absolute atomic E-state index is 0.195. The van der Waals surface area contributed by atoms with Crippen molar-refractivity contribution in [2.24, 2.45) is 0 Å². The summed E-state index contributed by atoms with van der Waals surface area (Å²) in [5.74, 6) is 0. The summed E-state index contributed by atoms with van der Waals surface area (Å²) in [6.45, 7) is 10.0. The number of hydrogen-bond donors (Lipinski definition) is 2. The quantitative estimate of drug-likeness (QED) is 0.320. The molecule has 0 aliphatic heterocycles.